The second-order valence-corrected chi connectivity index (χ2v) is 4.75. The Bertz CT molecular complexity index is 241. The van der Waals surface area contributed by atoms with Crippen molar-refractivity contribution >= 4 is 31.3 Å². The Hall–Kier alpha value is -0.320. The summed E-state index contributed by atoms with van der Waals surface area (Å²) >= 11 is 4.64. The average molecular weight is 244 g/mol. The number of hydrogen-bond donors (Lipinski definition) is 0. The Balaban J connectivity index is 0. The first kappa shape index (κ1) is 15.2. The Morgan fingerprint density at radius 1 is 1.08 bits per heavy atom. The van der Waals surface area contributed by atoms with Gasteiger partial charge in [0, 0.05) is 29.5 Å². The van der Waals surface area contributed by atoms with Gasteiger partial charge in [0.05, 0.1) is 6.26 Å². The smallest absolute Gasteiger partial charge is 0.229 e. The summed E-state index contributed by atoms with van der Waals surface area (Å²) in [6.07, 6.45) is 5.90. The number of halogens is 2. The van der Waals surface area contributed by atoms with Crippen LogP contribution >= 0.6 is 22.3 Å². The summed E-state index contributed by atoms with van der Waals surface area (Å²) in [5.41, 5.74) is 0. The first-order chi connectivity index (χ1) is 6.00. The molecule has 13 heavy (non-hydrogen) atoms. The molecule has 1 heterocycles. The van der Waals surface area contributed by atoms with Crippen molar-refractivity contribution in [2.24, 2.45) is 0 Å². The fourth-order valence-corrected chi connectivity index (χ4v) is 0.313. The third kappa shape index (κ3) is 33.9. The molecule has 0 amide bonds. The molecule has 0 bridgehead atoms. The van der Waals surface area contributed by atoms with Crippen molar-refractivity contribution in [2.45, 2.75) is 0 Å². The van der Waals surface area contributed by atoms with Crippen molar-refractivity contribution in [3.05, 3.63) is 30.6 Å². The first-order valence-electron chi connectivity index (χ1n) is 3.12. The van der Waals surface area contributed by atoms with Gasteiger partial charge in [0.2, 0.25) is 9.05 Å². The molecule has 3 nitrogen and oxygen atoms in total. The lowest BCUT2D eigenvalue weighted by molar-refractivity contribution is 0.615. The molecule has 0 saturated carbocycles. The standard InChI is InChI=1S/C5H5N.CH3ClO2S.CH3Cl/c1-2-4-6-5-3-1;1-5(2,3)4;1-2/h1-5H;1H3;1H3. The zero-order valence-corrected chi connectivity index (χ0v) is 9.64. The minimum Gasteiger partial charge on any atom is -0.265 e. The summed E-state index contributed by atoms with van der Waals surface area (Å²) in [7, 11) is 1.31. The summed E-state index contributed by atoms with van der Waals surface area (Å²) in [5.74, 6) is 0. The van der Waals surface area contributed by atoms with Crippen molar-refractivity contribution in [2.75, 3.05) is 12.6 Å². The summed E-state index contributed by atoms with van der Waals surface area (Å²) < 4.78 is 18.8. The fraction of sp³-hybridized carbons (Fsp3) is 0.286. The molecule has 0 spiro atoms. The lowest BCUT2D eigenvalue weighted by atomic mass is 10.5. The van der Waals surface area contributed by atoms with Gasteiger partial charge in [-0.15, -0.1) is 11.6 Å². The Kier molecular flexibility index (Phi) is 11.4. The van der Waals surface area contributed by atoms with Crippen LogP contribution in [0.15, 0.2) is 30.6 Å². The molecule has 0 radical (unpaired) electrons. The van der Waals surface area contributed by atoms with Gasteiger partial charge >= 0.3 is 0 Å². The molecule has 0 atom stereocenters. The van der Waals surface area contributed by atoms with E-state index in [2.05, 4.69) is 27.3 Å². The summed E-state index contributed by atoms with van der Waals surface area (Å²) in [4.78, 5) is 3.78. The second kappa shape index (κ2) is 9.77. The lowest BCUT2D eigenvalue weighted by Gasteiger charge is -1.70. The predicted octanol–water partition coefficient (Wildman–Crippen LogP) is 2.12. The van der Waals surface area contributed by atoms with Crippen LogP contribution in [-0.2, 0) is 9.05 Å². The topological polar surface area (TPSA) is 47.0 Å². The van der Waals surface area contributed by atoms with Gasteiger partial charge in [-0.3, -0.25) is 4.98 Å². The van der Waals surface area contributed by atoms with Crippen molar-refractivity contribution in [3.63, 3.8) is 0 Å². The molecular weight excluding hydrogens is 233 g/mol. The van der Waals surface area contributed by atoms with Crippen LogP contribution in [0.2, 0.25) is 0 Å². The van der Waals surface area contributed by atoms with Crippen LogP contribution in [-0.4, -0.2) is 26.0 Å². The highest BCUT2D eigenvalue weighted by molar-refractivity contribution is 8.13. The molecule has 0 aliphatic carbocycles. The van der Waals surface area contributed by atoms with Crippen LogP contribution in [0.3, 0.4) is 0 Å². The van der Waals surface area contributed by atoms with Gasteiger partial charge in [0.15, 0.2) is 0 Å². The van der Waals surface area contributed by atoms with E-state index in [0.717, 1.165) is 6.26 Å². The van der Waals surface area contributed by atoms with Gasteiger partial charge in [-0.1, -0.05) is 6.07 Å². The SMILES string of the molecule is CCl.CS(=O)(=O)Cl.c1ccncc1. The molecular formula is C7H11Cl2NO2S. The maximum atomic E-state index is 9.40. The number of rotatable bonds is 0. The Morgan fingerprint density at radius 2 is 1.38 bits per heavy atom. The van der Waals surface area contributed by atoms with Gasteiger partial charge in [-0.05, 0) is 12.1 Å². The number of alkyl halides is 1. The largest absolute Gasteiger partial charge is 0.265 e. The molecule has 0 aliphatic heterocycles. The summed E-state index contributed by atoms with van der Waals surface area (Å²) in [6, 6.07) is 5.72. The molecule has 76 valence electrons. The minimum atomic E-state index is -3.19. The van der Waals surface area contributed by atoms with Crippen LogP contribution in [0.4, 0.5) is 0 Å². The molecule has 0 unspecified atom stereocenters. The van der Waals surface area contributed by atoms with Crippen molar-refractivity contribution < 1.29 is 8.42 Å². The third-order valence-corrected chi connectivity index (χ3v) is 0.566. The molecule has 6 heteroatoms. The van der Waals surface area contributed by atoms with E-state index in [1.807, 2.05) is 18.2 Å². The first-order valence-corrected chi connectivity index (χ1v) is 6.60. The van der Waals surface area contributed by atoms with E-state index in [-0.39, 0.29) is 0 Å². The predicted molar refractivity (Wildman–Crippen MR) is 56.7 cm³/mol. The highest BCUT2D eigenvalue weighted by Crippen LogP contribution is 1.83. The van der Waals surface area contributed by atoms with Gasteiger partial charge in [0.1, 0.15) is 0 Å². The van der Waals surface area contributed by atoms with E-state index in [1.165, 1.54) is 6.38 Å². The zero-order chi connectivity index (χ0) is 10.7. The van der Waals surface area contributed by atoms with Crippen LogP contribution in [0.1, 0.15) is 0 Å². The summed E-state index contributed by atoms with van der Waals surface area (Å²) in [5, 5.41) is 0. The quantitative estimate of drug-likeness (QED) is 0.518. The third-order valence-electron chi connectivity index (χ3n) is 0.566. The number of hydrogen-bond acceptors (Lipinski definition) is 3. The van der Waals surface area contributed by atoms with Crippen molar-refractivity contribution in [1.29, 1.82) is 0 Å². The van der Waals surface area contributed by atoms with E-state index in [9.17, 15) is 8.42 Å². The van der Waals surface area contributed by atoms with Crippen molar-refractivity contribution in [3.8, 4) is 0 Å². The van der Waals surface area contributed by atoms with E-state index in [0.29, 0.717) is 0 Å². The van der Waals surface area contributed by atoms with Crippen LogP contribution in [0.5, 0.6) is 0 Å². The highest BCUT2D eigenvalue weighted by Gasteiger charge is 1.83. The molecule has 1 aromatic rings. The van der Waals surface area contributed by atoms with Gasteiger partial charge < -0.3 is 0 Å². The maximum absolute atomic E-state index is 9.40. The zero-order valence-electron chi connectivity index (χ0n) is 7.31. The number of pyridine rings is 1. The van der Waals surface area contributed by atoms with Gasteiger partial charge in [0.25, 0.3) is 0 Å². The molecule has 0 fully saturated rings. The van der Waals surface area contributed by atoms with Crippen LogP contribution in [0, 0.1) is 0 Å². The average Bonchev–Trinajstić information content (AvgIpc) is 2.08. The van der Waals surface area contributed by atoms with E-state index in [1.54, 1.807) is 12.4 Å². The number of nitrogens with zero attached hydrogens (tertiary/aromatic N) is 1. The van der Waals surface area contributed by atoms with Gasteiger partial charge in [-0.25, -0.2) is 8.42 Å². The van der Waals surface area contributed by atoms with E-state index in [4.69, 9.17) is 0 Å². The Morgan fingerprint density at radius 3 is 1.46 bits per heavy atom. The van der Waals surface area contributed by atoms with E-state index < -0.39 is 9.05 Å². The monoisotopic (exact) mass is 243 g/mol. The number of aromatic nitrogens is 1. The maximum Gasteiger partial charge on any atom is 0.229 e. The van der Waals surface area contributed by atoms with Crippen molar-refractivity contribution in [1.82, 2.24) is 4.98 Å². The fourth-order valence-electron chi connectivity index (χ4n) is 0.313. The van der Waals surface area contributed by atoms with E-state index >= 15 is 0 Å². The molecule has 0 aliphatic rings. The highest BCUT2D eigenvalue weighted by atomic mass is 35.7. The van der Waals surface area contributed by atoms with Crippen LogP contribution in [0.25, 0.3) is 0 Å². The lowest BCUT2D eigenvalue weighted by Crippen LogP contribution is -1.76. The molecule has 0 saturated heterocycles. The Labute approximate surface area is 88.1 Å². The molecule has 0 N–H and O–H groups in total. The molecule has 0 aromatic carbocycles. The normalized spacial score (nSPS) is 8.62. The minimum absolute atomic E-state index is 0.925. The second-order valence-electron chi connectivity index (χ2n) is 1.71. The molecule has 1 rings (SSSR count). The van der Waals surface area contributed by atoms with Gasteiger partial charge in [-0.2, -0.15) is 0 Å². The summed E-state index contributed by atoms with van der Waals surface area (Å²) in [6.45, 7) is 0. The van der Waals surface area contributed by atoms with Crippen LogP contribution < -0.4 is 0 Å². The molecule has 1 aromatic heterocycles.